The van der Waals surface area contributed by atoms with Crippen LogP contribution in [0.3, 0.4) is 0 Å². The number of methoxy groups -OCH3 is 1. The number of benzene rings is 1. The minimum atomic E-state index is -0.539. The van der Waals surface area contributed by atoms with Crippen molar-refractivity contribution in [3.05, 3.63) is 23.8 Å². The first kappa shape index (κ1) is 21.5. The second kappa shape index (κ2) is 11.1. The number of ether oxygens (including phenoxy) is 2. The highest BCUT2D eigenvalue weighted by molar-refractivity contribution is 5.43. The van der Waals surface area contributed by atoms with Crippen LogP contribution in [0.1, 0.15) is 32.3 Å². The van der Waals surface area contributed by atoms with Gasteiger partial charge in [0, 0.05) is 19.0 Å². The van der Waals surface area contributed by atoms with Crippen LogP contribution in [0.5, 0.6) is 11.5 Å². The molecule has 1 atom stereocenters. The lowest BCUT2D eigenvalue weighted by Gasteiger charge is -2.29. The molecule has 0 radical (unpaired) electrons. The lowest BCUT2D eigenvalue weighted by atomic mass is 9.98. The number of likely N-dealkylation sites (tertiary alicyclic amines) is 1. The Bertz CT molecular complexity index is 605. The van der Waals surface area contributed by atoms with E-state index in [1.165, 1.54) is 0 Å². The minimum absolute atomic E-state index is 0.198. The largest absolute Gasteiger partial charge is 0.493 e. The van der Waals surface area contributed by atoms with Crippen LogP contribution < -0.4 is 9.47 Å². The van der Waals surface area contributed by atoms with Gasteiger partial charge in [0.05, 0.1) is 13.2 Å². The number of likely N-dealkylation sites (N-methyl/N-ethyl adjacent to an activating group) is 1. The van der Waals surface area contributed by atoms with E-state index in [1.54, 1.807) is 7.11 Å². The molecule has 1 N–H and O–H groups in total. The Morgan fingerprint density at radius 1 is 1.26 bits per heavy atom. The summed E-state index contributed by atoms with van der Waals surface area (Å²) in [5.74, 6) is 1.54. The first-order valence-electron chi connectivity index (χ1n) is 9.91. The molecule has 0 bridgehead atoms. The minimum Gasteiger partial charge on any atom is -0.493 e. The van der Waals surface area contributed by atoms with Crippen LogP contribution >= 0.6 is 0 Å². The van der Waals surface area contributed by atoms with Crippen LogP contribution in [0.4, 0.5) is 0 Å². The fourth-order valence-electron chi connectivity index (χ4n) is 3.43. The molecule has 0 aliphatic carbocycles. The Balaban J connectivity index is 1.93. The van der Waals surface area contributed by atoms with E-state index in [1.807, 2.05) is 12.1 Å². The first-order valence-corrected chi connectivity index (χ1v) is 9.91. The lowest BCUT2D eigenvalue weighted by Crippen LogP contribution is -2.35. The summed E-state index contributed by atoms with van der Waals surface area (Å²) >= 11 is 0. The van der Waals surface area contributed by atoms with Gasteiger partial charge in [-0.15, -0.1) is 0 Å². The van der Waals surface area contributed by atoms with E-state index in [2.05, 4.69) is 35.8 Å². The van der Waals surface area contributed by atoms with Crippen molar-refractivity contribution in [1.82, 2.24) is 9.80 Å². The molecule has 27 heavy (non-hydrogen) atoms. The van der Waals surface area contributed by atoms with E-state index in [0.717, 1.165) is 51.1 Å². The van der Waals surface area contributed by atoms with Crippen LogP contribution in [-0.2, 0) is 6.54 Å². The number of rotatable bonds is 10. The third kappa shape index (κ3) is 6.69. The molecule has 0 aromatic heterocycles. The Morgan fingerprint density at radius 2 is 1.96 bits per heavy atom. The summed E-state index contributed by atoms with van der Waals surface area (Å²) in [6, 6.07) is 8.34. The van der Waals surface area contributed by atoms with Crippen molar-refractivity contribution >= 4 is 0 Å². The third-order valence-corrected chi connectivity index (χ3v) is 5.20. The van der Waals surface area contributed by atoms with Crippen LogP contribution in [0, 0.1) is 17.2 Å². The van der Waals surface area contributed by atoms with Gasteiger partial charge in [-0.1, -0.05) is 19.9 Å². The molecule has 1 fully saturated rings. The molecule has 6 heteroatoms. The van der Waals surface area contributed by atoms with Gasteiger partial charge in [0.15, 0.2) is 11.5 Å². The summed E-state index contributed by atoms with van der Waals surface area (Å²) < 4.78 is 11.3. The van der Waals surface area contributed by atoms with E-state index in [0.29, 0.717) is 18.0 Å². The number of hydrogen-bond donors (Lipinski definition) is 1. The molecule has 1 aromatic rings. The first-order chi connectivity index (χ1) is 13.1. The van der Waals surface area contributed by atoms with Gasteiger partial charge in [0.1, 0.15) is 12.7 Å². The maximum Gasteiger partial charge on any atom is 0.161 e. The summed E-state index contributed by atoms with van der Waals surface area (Å²) in [6.45, 7) is 9.56. The maximum absolute atomic E-state index is 10.2. The van der Waals surface area contributed by atoms with Gasteiger partial charge >= 0.3 is 0 Å². The monoisotopic (exact) mass is 375 g/mol. The summed E-state index contributed by atoms with van der Waals surface area (Å²) in [4.78, 5) is 4.54. The fraction of sp³-hybridized carbons (Fsp3) is 0.667. The molecule has 150 valence electrons. The highest BCUT2D eigenvalue weighted by Gasteiger charge is 2.19. The Morgan fingerprint density at radius 3 is 2.56 bits per heavy atom. The van der Waals surface area contributed by atoms with Crippen molar-refractivity contribution < 1.29 is 14.6 Å². The number of aliphatic hydroxyl groups excluding tert-OH is 1. The predicted molar refractivity (Wildman–Crippen MR) is 106 cm³/mol. The smallest absolute Gasteiger partial charge is 0.161 e. The Hall–Kier alpha value is -1.81. The van der Waals surface area contributed by atoms with Crippen molar-refractivity contribution in [2.24, 2.45) is 5.92 Å². The van der Waals surface area contributed by atoms with Gasteiger partial charge in [-0.25, -0.2) is 0 Å². The summed E-state index contributed by atoms with van der Waals surface area (Å²) in [7, 11) is 1.63. The molecule has 0 spiro atoms. The van der Waals surface area contributed by atoms with E-state index in [4.69, 9.17) is 14.7 Å². The molecule has 1 aliphatic rings. The molecule has 1 saturated heterocycles. The van der Waals surface area contributed by atoms with Gasteiger partial charge < -0.3 is 19.5 Å². The zero-order chi connectivity index (χ0) is 19.6. The molecule has 1 aromatic carbocycles. The summed E-state index contributed by atoms with van der Waals surface area (Å²) in [6.07, 6.45) is 1.34. The van der Waals surface area contributed by atoms with Crippen LogP contribution in [0.25, 0.3) is 0 Å². The number of nitriles is 1. The van der Waals surface area contributed by atoms with Crippen molar-refractivity contribution in [3.63, 3.8) is 0 Å². The molecule has 1 unspecified atom stereocenters. The second-order valence-electron chi connectivity index (χ2n) is 7.12. The van der Waals surface area contributed by atoms with Gasteiger partial charge in [0.2, 0.25) is 0 Å². The average Bonchev–Trinajstić information content (AvgIpc) is 2.71. The molecule has 6 nitrogen and oxygen atoms in total. The second-order valence-corrected chi connectivity index (χ2v) is 7.12. The molecule has 1 heterocycles. The van der Waals surface area contributed by atoms with E-state index >= 15 is 0 Å². The highest BCUT2D eigenvalue weighted by Crippen LogP contribution is 2.29. The topological polar surface area (TPSA) is 69.0 Å². The third-order valence-electron chi connectivity index (χ3n) is 5.20. The van der Waals surface area contributed by atoms with Crippen molar-refractivity contribution in [3.8, 4) is 17.6 Å². The number of piperidine rings is 1. The van der Waals surface area contributed by atoms with Gasteiger partial charge in [-0.2, -0.15) is 5.26 Å². The van der Waals surface area contributed by atoms with Crippen LogP contribution in [0.2, 0.25) is 0 Å². The van der Waals surface area contributed by atoms with Gasteiger partial charge in [0.25, 0.3) is 0 Å². The zero-order valence-corrected chi connectivity index (χ0v) is 16.9. The SMILES string of the molecule is CCN(CC)CC(O)COc1cc(CN2CCC(C#N)CC2)ccc1OC. The van der Waals surface area contributed by atoms with Gasteiger partial charge in [-0.05, 0) is 56.7 Å². The highest BCUT2D eigenvalue weighted by atomic mass is 16.5. The summed E-state index contributed by atoms with van der Waals surface area (Å²) in [5, 5.41) is 19.3. The van der Waals surface area contributed by atoms with Crippen molar-refractivity contribution in [2.75, 3.05) is 46.4 Å². The number of nitrogens with zero attached hydrogens (tertiary/aromatic N) is 3. The molecule has 2 rings (SSSR count). The fourth-order valence-corrected chi connectivity index (χ4v) is 3.43. The Labute approximate surface area is 163 Å². The number of aliphatic hydroxyl groups is 1. The van der Waals surface area contributed by atoms with Crippen LogP contribution in [-0.4, -0.2) is 67.5 Å². The predicted octanol–water partition coefficient (Wildman–Crippen LogP) is 2.51. The normalized spacial score (nSPS) is 16.9. The van der Waals surface area contributed by atoms with E-state index in [-0.39, 0.29) is 12.5 Å². The average molecular weight is 376 g/mol. The molecule has 1 aliphatic heterocycles. The van der Waals surface area contributed by atoms with Gasteiger partial charge in [-0.3, -0.25) is 4.90 Å². The molecule has 0 amide bonds. The molecule has 0 saturated carbocycles. The van der Waals surface area contributed by atoms with Crippen molar-refractivity contribution in [2.45, 2.75) is 39.3 Å². The Kier molecular flexibility index (Phi) is 8.86. The maximum atomic E-state index is 10.2. The van der Waals surface area contributed by atoms with Crippen molar-refractivity contribution in [1.29, 1.82) is 5.26 Å². The van der Waals surface area contributed by atoms with E-state index in [9.17, 15) is 5.11 Å². The zero-order valence-electron chi connectivity index (χ0n) is 16.9. The quantitative estimate of drug-likeness (QED) is 0.678. The summed E-state index contributed by atoms with van der Waals surface area (Å²) in [5.41, 5.74) is 1.15. The number of hydrogen-bond acceptors (Lipinski definition) is 6. The molecular weight excluding hydrogens is 342 g/mol. The standard InChI is InChI=1S/C21H33N3O3/c1-4-23(5-2)15-19(25)16-27-21-12-18(6-7-20(21)26-3)14-24-10-8-17(13-22)9-11-24/h6-7,12,17,19,25H,4-5,8-11,14-16H2,1-3H3. The molecular formula is C21H33N3O3. The van der Waals surface area contributed by atoms with Crippen LogP contribution in [0.15, 0.2) is 18.2 Å². The lowest BCUT2D eigenvalue weighted by molar-refractivity contribution is 0.0705. The van der Waals surface area contributed by atoms with E-state index < -0.39 is 6.10 Å².